The fourth-order valence-electron chi connectivity index (χ4n) is 1.79. The standard InChI is InChI=1S/C16H23NO4S/c1-4-20-15(18)11-22-10-13-8-6-7-9-14(13)17-12(3)16(19)21-5-2/h6-9,12,17H,4-5,10-11H2,1-3H3/t12-/m1/s1. The summed E-state index contributed by atoms with van der Waals surface area (Å²) >= 11 is 1.48. The summed E-state index contributed by atoms with van der Waals surface area (Å²) in [7, 11) is 0. The second-order valence-corrected chi connectivity index (χ2v) is 5.56. The molecule has 0 amide bonds. The van der Waals surface area contributed by atoms with Gasteiger partial charge in [-0.3, -0.25) is 4.79 Å². The molecular weight excluding hydrogens is 302 g/mol. The highest BCUT2D eigenvalue weighted by Gasteiger charge is 2.15. The molecule has 0 unspecified atom stereocenters. The Morgan fingerprint density at radius 3 is 2.55 bits per heavy atom. The summed E-state index contributed by atoms with van der Waals surface area (Å²) in [5, 5.41) is 3.15. The quantitative estimate of drug-likeness (QED) is 0.704. The molecule has 1 rings (SSSR count). The number of thioether (sulfide) groups is 1. The van der Waals surface area contributed by atoms with Crippen molar-refractivity contribution in [1.82, 2.24) is 0 Å². The number of hydrogen-bond acceptors (Lipinski definition) is 6. The Bertz CT molecular complexity index is 493. The monoisotopic (exact) mass is 325 g/mol. The molecule has 0 spiro atoms. The van der Waals surface area contributed by atoms with Gasteiger partial charge in [0, 0.05) is 11.4 Å². The van der Waals surface area contributed by atoms with Crippen molar-refractivity contribution < 1.29 is 19.1 Å². The molecule has 0 heterocycles. The van der Waals surface area contributed by atoms with Crippen LogP contribution in [0.5, 0.6) is 0 Å². The number of carbonyl (C=O) groups excluding carboxylic acids is 2. The third-order valence-corrected chi connectivity index (χ3v) is 3.77. The molecule has 0 saturated heterocycles. The fourth-order valence-corrected chi connectivity index (χ4v) is 2.62. The SMILES string of the molecule is CCOC(=O)CSCc1ccccc1N[C@H](C)C(=O)OCC. The minimum absolute atomic E-state index is 0.210. The number of esters is 2. The van der Waals surface area contributed by atoms with E-state index in [0.717, 1.165) is 11.3 Å². The first-order chi connectivity index (χ1) is 10.6. The summed E-state index contributed by atoms with van der Waals surface area (Å²) in [4.78, 5) is 23.0. The molecule has 0 fully saturated rings. The Morgan fingerprint density at radius 2 is 1.86 bits per heavy atom. The molecule has 22 heavy (non-hydrogen) atoms. The number of carbonyl (C=O) groups is 2. The van der Waals surface area contributed by atoms with Crippen molar-refractivity contribution >= 4 is 29.4 Å². The van der Waals surface area contributed by atoms with Crippen LogP contribution in [0.2, 0.25) is 0 Å². The van der Waals surface area contributed by atoms with Crippen LogP contribution < -0.4 is 5.32 Å². The Balaban J connectivity index is 2.58. The lowest BCUT2D eigenvalue weighted by molar-refractivity contribution is -0.143. The van der Waals surface area contributed by atoms with E-state index in [1.807, 2.05) is 24.3 Å². The van der Waals surface area contributed by atoms with Crippen molar-refractivity contribution in [2.75, 3.05) is 24.3 Å². The Hall–Kier alpha value is -1.69. The summed E-state index contributed by atoms with van der Waals surface area (Å²) < 4.78 is 9.88. The van der Waals surface area contributed by atoms with Gasteiger partial charge in [-0.05, 0) is 32.4 Å². The predicted molar refractivity (Wildman–Crippen MR) is 89.0 cm³/mol. The summed E-state index contributed by atoms with van der Waals surface area (Å²) in [6, 6.07) is 7.30. The van der Waals surface area contributed by atoms with Crippen LogP contribution in [0.25, 0.3) is 0 Å². The number of ether oxygens (including phenoxy) is 2. The first kappa shape index (κ1) is 18.4. The summed E-state index contributed by atoms with van der Waals surface area (Å²) in [5.74, 6) is 0.488. The molecule has 0 bridgehead atoms. The topological polar surface area (TPSA) is 64.6 Å². The van der Waals surface area contributed by atoms with Crippen LogP contribution in [0.4, 0.5) is 5.69 Å². The second kappa shape index (κ2) is 10.1. The lowest BCUT2D eigenvalue weighted by atomic mass is 10.2. The molecule has 0 radical (unpaired) electrons. The molecule has 0 aliphatic carbocycles. The zero-order valence-corrected chi connectivity index (χ0v) is 14.1. The van der Waals surface area contributed by atoms with Gasteiger partial charge in [0.2, 0.25) is 0 Å². The van der Waals surface area contributed by atoms with E-state index >= 15 is 0 Å². The average Bonchev–Trinajstić information content (AvgIpc) is 2.49. The number of rotatable bonds is 9. The van der Waals surface area contributed by atoms with Crippen LogP contribution in [0.3, 0.4) is 0 Å². The van der Waals surface area contributed by atoms with Crippen molar-refractivity contribution in [2.24, 2.45) is 0 Å². The van der Waals surface area contributed by atoms with Gasteiger partial charge in [-0.25, -0.2) is 4.79 Å². The predicted octanol–water partition coefficient (Wildman–Crippen LogP) is 2.85. The summed E-state index contributed by atoms with van der Waals surface area (Å²) in [6.45, 7) is 6.10. The first-order valence-corrected chi connectivity index (χ1v) is 8.48. The number of anilines is 1. The normalized spacial score (nSPS) is 11.6. The van der Waals surface area contributed by atoms with Crippen molar-refractivity contribution in [3.63, 3.8) is 0 Å². The van der Waals surface area contributed by atoms with Gasteiger partial charge >= 0.3 is 11.9 Å². The second-order valence-electron chi connectivity index (χ2n) is 4.57. The zero-order valence-electron chi connectivity index (χ0n) is 13.3. The van der Waals surface area contributed by atoms with Crippen LogP contribution in [-0.4, -0.2) is 36.9 Å². The van der Waals surface area contributed by atoms with Gasteiger partial charge in [-0.15, -0.1) is 11.8 Å². The molecule has 6 heteroatoms. The van der Waals surface area contributed by atoms with Crippen molar-refractivity contribution in [1.29, 1.82) is 0 Å². The molecule has 1 N–H and O–H groups in total. The van der Waals surface area contributed by atoms with Gasteiger partial charge in [0.15, 0.2) is 0 Å². The maximum absolute atomic E-state index is 11.7. The van der Waals surface area contributed by atoms with E-state index in [4.69, 9.17) is 9.47 Å². The molecular formula is C16H23NO4S. The van der Waals surface area contributed by atoms with Gasteiger partial charge in [0.25, 0.3) is 0 Å². The van der Waals surface area contributed by atoms with Crippen LogP contribution in [0.1, 0.15) is 26.3 Å². The number of benzene rings is 1. The lowest BCUT2D eigenvalue weighted by Gasteiger charge is -2.16. The van der Waals surface area contributed by atoms with Gasteiger partial charge in [-0.1, -0.05) is 18.2 Å². The van der Waals surface area contributed by atoms with E-state index < -0.39 is 6.04 Å². The van der Waals surface area contributed by atoms with Gasteiger partial charge in [-0.2, -0.15) is 0 Å². The van der Waals surface area contributed by atoms with E-state index in [2.05, 4.69) is 5.32 Å². The highest BCUT2D eigenvalue weighted by molar-refractivity contribution is 7.99. The maximum atomic E-state index is 11.7. The molecule has 0 aliphatic heterocycles. The third-order valence-electron chi connectivity index (χ3n) is 2.81. The van der Waals surface area contributed by atoms with Gasteiger partial charge in [0.05, 0.1) is 19.0 Å². The van der Waals surface area contributed by atoms with E-state index in [-0.39, 0.29) is 11.9 Å². The highest BCUT2D eigenvalue weighted by atomic mass is 32.2. The summed E-state index contributed by atoms with van der Waals surface area (Å²) in [5.41, 5.74) is 1.91. The molecule has 5 nitrogen and oxygen atoms in total. The molecule has 1 aromatic rings. The lowest BCUT2D eigenvalue weighted by Crippen LogP contribution is -2.28. The van der Waals surface area contributed by atoms with E-state index in [0.29, 0.717) is 24.7 Å². The molecule has 0 saturated carbocycles. The zero-order chi connectivity index (χ0) is 16.4. The largest absolute Gasteiger partial charge is 0.465 e. The third kappa shape index (κ3) is 6.39. The Kier molecular flexibility index (Phi) is 8.43. The van der Waals surface area contributed by atoms with Crippen LogP contribution in [0, 0.1) is 0 Å². The van der Waals surface area contributed by atoms with Crippen molar-refractivity contribution in [3.8, 4) is 0 Å². The molecule has 0 aliphatic rings. The molecule has 1 atom stereocenters. The minimum atomic E-state index is -0.420. The van der Waals surface area contributed by atoms with Gasteiger partial charge < -0.3 is 14.8 Å². The molecule has 122 valence electrons. The van der Waals surface area contributed by atoms with Gasteiger partial charge in [0.1, 0.15) is 6.04 Å². The van der Waals surface area contributed by atoms with Crippen molar-refractivity contribution in [2.45, 2.75) is 32.6 Å². The van der Waals surface area contributed by atoms with Crippen LogP contribution >= 0.6 is 11.8 Å². The number of nitrogens with one attached hydrogen (secondary N) is 1. The Morgan fingerprint density at radius 1 is 1.18 bits per heavy atom. The molecule has 1 aromatic carbocycles. The minimum Gasteiger partial charge on any atom is -0.465 e. The van der Waals surface area contributed by atoms with Crippen LogP contribution in [-0.2, 0) is 24.8 Å². The average molecular weight is 325 g/mol. The first-order valence-electron chi connectivity index (χ1n) is 7.32. The van der Waals surface area contributed by atoms with E-state index in [9.17, 15) is 9.59 Å². The Labute approximate surface area is 135 Å². The maximum Gasteiger partial charge on any atom is 0.328 e. The fraction of sp³-hybridized carbons (Fsp3) is 0.500. The number of hydrogen-bond donors (Lipinski definition) is 1. The smallest absolute Gasteiger partial charge is 0.328 e. The van der Waals surface area contributed by atoms with Crippen LogP contribution in [0.15, 0.2) is 24.3 Å². The summed E-state index contributed by atoms with van der Waals surface area (Å²) in [6.07, 6.45) is 0. The number of para-hydroxylation sites is 1. The van der Waals surface area contributed by atoms with Crippen molar-refractivity contribution in [3.05, 3.63) is 29.8 Å². The molecule has 0 aromatic heterocycles. The highest BCUT2D eigenvalue weighted by Crippen LogP contribution is 2.22. The van der Waals surface area contributed by atoms with E-state index in [1.165, 1.54) is 11.8 Å². The van der Waals surface area contributed by atoms with E-state index in [1.54, 1.807) is 20.8 Å².